The highest BCUT2D eigenvalue weighted by atomic mass is 16.6. The zero-order valence-corrected chi connectivity index (χ0v) is 23.3. The Bertz CT molecular complexity index is 923. The van der Waals surface area contributed by atoms with Crippen molar-refractivity contribution >= 4 is 17.9 Å². The van der Waals surface area contributed by atoms with Crippen LogP contribution in [0.3, 0.4) is 0 Å². The van der Waals surface area contributed by atoms with Crippen LogP contribution in [0.2, 0.25) is 0 Å². The third-order valence-corrected chi connectivity index (χ3v) is 11.9. The largest absolute Gasteiger partial charge is 0.459 e. The topological polar surface area (TPSA) is 78.9 Å². The molecule has 0 radical (unpaired) electrons. The second kappa shape index (κ2) is 8.71. The number of carbonyl (C=O) groups excluding carboxylic acids is 3. The summed E-state index contributed by atoms with van der Waals surface area (Å²) in [6.07, 6.45) is 12.5. The van der Waals surface area contributed by atoms with Crippen LogP contribution in [0.25, 0.3) is 0 Å². The zero-order chi connectivity index (χ0) is 26.2. The van der Waals surface area contributed by atoms with Gasteiger partial charge in [0.15, 0.2) is 6.61 Å². The van der Waals surface area contributed by atoms with Gasteiger partial charge in [0.1, 0.15) is 11.2 Å². The summed E-state index contributed by atoms with van der Waals surface area (Å²) >= 11 is 0. The molecule has 8 aliphatic carbocycles. The molecule has 206 valence electrons. The Kier molecular flexibility index (Phi) is 6.04. The summed E-state index contributed by atoms with van der Waals surface area (Å²) in [5, 5.41) is 0. The predicted molar refractivity (Wildman–Crippen MR) is 137 cm³/mol. The molecule has 8 rings (SSSR count). The monoisotopic (exact) mass is 514 g/mol. The van der Waals surface area contributed by atoms with Gasteiger partial charge in [0.05, 0.1) is 10.8 Å². The van der Waals surface area contributed by atoms with Crippen molar-refractivity contribution in [2.24, 2.45) is 46.3 Å². The second-order valence-corrected chi connectivity index (χ2v) is 14.7. The fourth-order valence-corrected chi connectivity index (χ4v) is 10.3. The normalized spacial score (nSPS) is 45.1. The van der Waals surface area contributed by atoms with Crippen molar-refractivity contribution in [1.29, 1.82) is 0 Å². The number of carbonyl (C=O) groups is 3. The zero-order valence-electron chi connectivity index (χ0n) is 23.3. The van der Waals surface area contributed by atoms with Gasteiger partial charge in [0, 0.05) is 6.42 Å². The van der Waals surface area contributed by atoms with E-state index in [0.29, 0.717) is 36.5 Å². The third kappa shape index (κ3) is 4.14. The fourth-order valence-electron chi connectivity index (χ4n) is 10.3. The van der Waals surface area contributed by atoms with Crippen molar-refractivity contribution in [1.82, 2.24) is 0 Å². The van der Waals surface area contributed by atoms with Crippen molar-refractivity contribution in [2.75, 3.05) is 6.61 Å². The van der Waals surface area contributed by atoms with Gasteiger partial charge in [-0.15, -0.1) is 0 Å². The SMILES string of the molecule is CCC(C)(C)C(=O)OC12CC3CC(C1)CC(C(=O)OCC(=O)OC1(CC)C4CC5CC(C4)CC1C5)(C3)C2. The van der Waals surface area contributed by atoms with E-state index >= 15 is 0 Å². The highest BCUT2D eigenvalue weighted by Crippen LogP contribution is 2.64. The summed E-state index contributed by atoms with van der Waals surface area (Å²) in [7, 11) is 0. The van der Waals surface area contributed by atoms with Crippen molar-refractivity contribution in [2.45, 2.75) is 122 Å². The molecule has 0 N–H and O–H groups in total. The molecule has 8 aliphatic rings. The van der Waals surface area contributed by atoms with E-state index in [1.165, 1.54) is 32.1 Å². The molecular formula is C31H46O6. The van der Waals surface area contributed by atoms with Crippen LogP contribution in [-0.4, -0.2) is 35.7 Å². The molecule has 0 saturated heterocycles. The van der Waals surface area contributed by atoms with E-state index in [-0.39, 0.29) is 24.1 Å². The Labute approximate surface area is 221 Å². The minimum Gasteiger partial charge on any atom is -0.459 e. The number of hydrogen-bond donors (Lipinski definition) is 0. The molecule has 0 spiro atoms. The van der Waals surface area contributed by atoms with Gasteiger partial charge in [-0.05, 0) is 126 Å². The van der Waals surface area contributed by atoms with Crippen LogP contribution in [0.1, 0.15) is 111 Å². The highest BCUT2D eigenvalue weighted by Gasteiger charge is 2.64. The van der Waals surface area contributed by atoms with Gasteiger partial charge in [-0.1, -0.05) is 13.8 Å². The molecule has 0 aromatic carbocycles. The summed E-state index contributed by atoms with van der Waals surface area (Å²) in [6, 6.07) is 0. The summed E-state index contributed by atoms with van der Waals surface area (Å²) in [5.41, 5.74) is -2.12. The van der Waals surface area contributed by atoms with Crippen molar-refractivity contribution < 1.29 is 28.6 Å². The van der Waals surface area contributed by atoms with Crippen LogP contribution in [0.4, 0.5) is 0 Å². The smallest absolute Gasteiger partial charge is 0.344 e. The molecule has 8 fully saturated rings. The van der Waals surface area contributed by atoms with Crippen molar-refractivity contribution in [3.05, 3.63) is 0 Å². The quantitative estimate of drug-likeness (QED) is 0.292. The molecule has 8 saturated carbocycles. The minimum absolute atomic E-state index is 0.162. The average molecular weight is 515 g/mol. The summed E-state index contributed by atoms with van der Waals surface area (Å²) in [5.74, 6) is 2.42. The highest BCUT2D eigenvalue weighted by molar-refractivity contribution is 5.82. The van der Waals surface area contributed by atoms with Gasteiger partial charge in [-0.25, -0.2) is 4.79 Å². The molecule has 0 aliphatic heterocycles. The van der Waals surface area contributed by atoms with Crippen molar-refractivity contribution in [3.63, 3.8) is 0 Å². The third-order valence-electron chi connectivity index (χ3n) is 11.9. The molecule has 0 aromatic rings. The Morgan fingerprint density at radius 1 is 0.784 bits per heavy atom. The van der Waals surface area contributed by atoms with E-state index < -0.39 is 22.4 Å². The summed E-state index contributed by atoms with van der Waals surface area (Å²) < 4.78 is 18.3. The lowest BCUT2D eigenvalue weighted by Crippen LogP contribution is -2.61. The molecule has 2 unspecified atom stereocenters. The first kappa shape index (κ1) is 25.7. The summed E-state index contributed by atoms with van der Waals surface area (Å²) in [6.45, 7) is 7.71. The number of hydrogen-bond acceptors (Lipinski definition) is 6. The first-order valence-electron chi connectivity index (χ1n) is 15.1. The van der Waals surface area contributed by atoms with Gasteiger partial charge in [0.25, 0.3) is 0 Å². The van der Waals surface area contributed by atoms with E-state index in [1.807, 2.05) is 20.8 Å². The van der Waals surface area contributed by atoms with Crippen molar-refractivity contribution in [3.8, 4) is 0 Å². The van der Waals surface area contributed by atoms with E-state index in [4.69, 9.17) is 14.2 Å². The maximum Gasteiger partial charge on any atom is 0.344 e. The predicted octanol–water partition coefficient (Wildman–Crippen LogP) is 6.00. The molecule has 0 aromatic heterocycles. The molecule has 0 heterocycles. The number of rotatable bonds is 8. The van der Waals surface area contributed by atoms with E-state index in [2.05, 4.69) is 6.92 Å². The fraction of sp³-hybridized carbons (Fsp3) is 0.903. The first-order chi connectivity index (χ1) is 17.5. The van der Waals surface area contributed by atoms with Gasteiger partial charge in [-0.2, -0.15) is 0 Å². The summed E-state index contributed by atoms with van der Waals surface area (Å²) in [4.78, 5) is 39.7. The van der Waals surface area contributed by atoms with Gasteiger partial charge in [0.2, 0.25) is 0 Å². The van der Waals surface area contributed by atoms with E-state index in [9.17, 15) is 14.4 Å². The lowest BCUT2D eigenvalue weighted by atomic mass is 9.48. The van der Waals surface area contributed by atoms with Gasteiger partial charge < -0.3 is 14.2 Å². The van der Waals surface area contributed by atoms with Crippen LogP contribution in [0, 0.1) is 46.3 Å². The first-order valence-corrected chi connectivity index (χ1v) is 15.1. The van der Waals surface area contributed by atoms with E-state index in [1.54, 1.807) is 0 Å². The van der Waals surface area contributed by atoms with E-state index in [0.717, 1.165) is 50.4 Å². The van der Waals surface area contributed by atoms with Gasteiger partial charge in [-0.3, -0.25) is 9.59 Å². The minimum atomic E-state index is -0.647. The second-order valence-electron chi connectivity index (χ2n) is 14.7. The van der Waals surface area contributed by atoms with Crippen LogP contribution < -0.4 is 0 Å². The number of ether oxygens (including phenoxy) is 3. The maximum atomic E-state index is 13.6. The Morgan fingerprint density at radius 3 is 1.89 bits per heavy atom. The molecule has 6 nitrogen and oxygen atoms in total. The Hall–Kier alpha value is -1.59. The molecule has 37 heavy (non-hydrogen) atoms. The molecule has 0 amide bonds. The van der Waals surface area contributed by atoms with Crippen LogP contribution in [-0.2, 0) is 28.6 Å². The molecule has 6 heteroatoms. The molecular weight excluding hydrogens is 468 g/mol. The average Bonchev–Trinajstić information content (AvgIpc) is 2.83. The lowest BCUT2D eigenvalue weighted by Gasteiger charge is -2.60. The standard InChI is InChI=1S/C31H46O6/c1-5-28(3,4)26(33)37-30-15-21-8-22(16-30)14-29(13-21,18-30)27(34)35-17-25(32)36-31(6-2)23-9-19-7-20(11-23)12-24(31)10-19/h19-24H,5-18H2,1-4H3. The lowest BCUT2D eigenvalue weighted by molar-refractivity contribution is -0.223. The Balaban J connectivity index is 1.11. The maximum absolute atomic E-state index is 13.6. The van der Waals surface area contributed by atoms with Gasteiger partial charge >= 0.3 is 17.9 Å². The Morgan fingerprint density at radius 2 is 1.35 bits per heavy atom. The number of esters is 3. The van der Waals surface area contributed by atoms with Crippen LogP contribution in [0.5, 0.6) is 0 Å². The molecule has 8 bridgehead atoms. The van der Waals surface area contributed by atoms with Crippen LogP contribution in [0.15, 0.2) is 0 Å². The van der Waals surface area contributed by atoms with Crippen LogP contribution >= 0.6 is 0 Å². The molecule has 2 atom stereocenters.